The van der Waals surface area contributed by atoms with Gasteiger partial charge in [-0.05, 0) is 169 Å². The van der Waals surface area contributed by atoms with Gasteiger partial charge in [0.1, 0.15) is 5.84 Å². The van der Waals surface area contributed by atoms with Crippen LogP contribution >= 0.6 is 0 Å². The lowest BCUT2D eigenvalue weighted by Crippen LogP contribution is -2.57. The van der Waals surface area contributed by atoms with Gasteiger partial charge in [-0.3, -0.25) is 9.98 Å². The summed E-state index contributed by atoms with van der Waals surface area (Å²) in [5, 5.41) is 2.54. The summed E-state index contributed by atoms with van der Waals surface area (Å²) in [4.78, 5) is 13.7. The minimum atomic E-state index is -0.331. The molecule has 0 N–H and O–H groups in total. The summed E-state index contributed by atoms with van der Waals surface area (Å²) in [6.45, 7) is 30.0. The lowest BCUT2D eigenvalue weighted by molar-refractivity contribution is 0.252. The minimum Gasteiger partial charge on any atom is -0.313 e. The normalized spacial score (nSPS) is 21.0. The maximum atomic E-state index is 6.04. The number of amidine groups is 1. The molecule has 2 aromatic heterocycles. The van der Waals surface area contributed by atoms with E-state index in [-0.39, 0.29) is 21.9 Å². The Morgan fingerprint density at radius 2 is 1.42 bits per heavy atom. The Labute approximate surface area is 357 Å². The van der Waals surface area contributed by atoms with Crippen molar-refractivity contribution in [3.63, 3.8) is 0 Å². The number of nitrogens with zero attached hydrogens (tertiary/aromatic N) is 4. The van der Waals surface area contributed by atoms with Crippen molar-refractivity contribution < 1.29 is 0 Å². The van der Waals surface area contributed by atoms with E-state index in [1.165, 1.54) is 94.3 Å². The van der Waals surface area contributed by atoms with Crippen LogP contribution in [0.2, 0.25) is 0 Å². The van der Waals surface area contributed by atoms with Gasteiger partial charge in [-0.15, -0.1) is 0 Å². The van der Waals surface area contributed by atoms with Crippen LogP contribution in [0.25, 0.3) is 38.8 Å². The van der Waals surface area contributed by atoms with E-state index in [9.17, 15) is 0 Å². The largest absolute Gasteiger partial charge is 0.313 e. The average molecular weight is 789 g/mol. The number of aliphatic imine (C=N–C) groups is 1. The van der Waals surface area contributed by atoms with Gasteiger partial charge in [0.15, 0.2) is 0 Å². The van der Waals surface area contributed by atoms with Gasteiger partial charge in [-0.2, -0.15) is 0 Å². The second-order valence-electron chi connectivity index (χ2n) is 21.0. The van der Waals surface area contributed by atoms with Gasteiger partial charge in [0.2, 0.25) is 0 Å². The van der Waals surface area contributed by atoms with E-state index in [0.717, 1.165) is 30.1 Å². The summed E-state index contributed by atoms with van der Waals surface area (Å²) >= 11 is 0. The maximum absolute atomic E-state index is 6.04. The number of pyridine rings is 1. The average Bonchev–Trinajstić information content (AvgIpc) is 3.71. The molecule has 1 spiro atoms. The molecule has 2 aliphatic heterocycles. The molecular weight excluding hydrogens is 729 g/mol. The molecule has 0 saturated heterocycles. The first-order valence-corrected chi connectivity index (χ1v) is 22.1. The number of hydrogen-bond acceptors (Lipinski definition) is 3. The van der Waals surface area contributed by atoms with Crippen molar-refractivity contribution in [2.45, 2.75) is 131 Å². The number of anilines is 1. The van der Waals surface area contributed by atoms with Crippen LogP contribution in [0.15, 0.2) is 102 Å². The predicted molar refractivity (Wildman–Crippen MR) is 254 cm³/mol. The summed E-state index contributed by atoms with van der Waals surface area (Å²) in [7, 11) is 0. The highest BCUT2D eigenvalue weighted by atomic mass is 15.4. The first-order valence-electron chi connectivity index (χ1n) is 22.1. The number of benzene rings is 5. The number of para-hydroxylation sites is 1. The molecule has 10 rings (SSSR count). The fraction of sp³-hybridized carbons (Fsp3) is 0.357. The first-order chi connectivity index (χ1) is 28.3. The lowest BCUT2D eigenvalue weighted by atomic mass is 9.68. The first kappa shape index (κ1) is 38.7. The highest BCUT2D eigenvalue weighted by molar-refractivity contribution is 6.16. The molecule has 0 fully saturated rings. The Hall–Kier alpha value is -5.48. The standard InChI is InChI=1S/C56H60N4/c1-32-17-18-49-45(21-32)46-23-36(5)44(48-28-40(19-20-57-48)53(7,8)9)29-50(46)59(49)42-26-38(25-41(27-42)54(10,11)12)52-58-55(13)31-39-22-34(3)35(4)24-47(39)56(55)30-37(6)43-16-14-15-33(2)51(43)60(52)56/h14-29,37H,30-31H2,1-13H3/t37?,55-,56+/m1/s1. The molecule has 3 aliphatic rings. The zero-order valence-electron chi connectivity index (χ0n) is 38.0. The van der Waals surface area contributed by atoms with Crippen molar-refractivity contribution in [2.24, 2.45) is 4.99 Å². The quantitative estimate of drug-likeness (QED) is 0.179. The third kappa shape index (κ3) is 5.48. The van der Waals surface area contributed by atoms with Crippen LogP contribution < -0.4 is 4.90 Å². The van der Waals surface area contributed by atoms with Crippen LogP contribution in [0.4, 0.5) is 5.69 Å². The summed E-state index contributed by atoms with van der Waals surface area (Å²) in [5.74, 6) is 1.49. The van der Waals surface area contributed by atoms with Crippen molar-refractivity contribution in [1.29, 1.82) is 0 Å². The number of fused-ring (bicyclic) bond motifs is 6. The van der Waals surface area contributed by atoms with Crippen molar-refractivity contribution in [3.8, 4) is 16.9 Å². The highest BCUT2D eigenvalue weighted by Gasteiger charge is 2.66. The Balaban J connectivity index is 1.26. The van der Waals surface area contributed by atoms with Gasteiger partial charge in [0.05, 0.1) is 27.8 Å². The molecule has 1 aliphatic carbocycles. The third-order valence-corrected chi connectivity index (χ3v) is 14.6. The molecule has 60 heavy (non-hydrogen) atoms. The number of rotatable bonds is 3. The van der Waals surface area contributed by atoms with E-state index < -0.39 is 0 Å². The summed E-state index contributed by atoms with van der Waals surface area (Å²) in [5.41, 5.74) is 21.0. The second-order valence-corrected chi connectivity index (χ2v) is 21.0. The van der Waals surface area contributed by atoms with Crippen molar-refractivity contribution >= 4 is 33.3 Å². The third-order valence-electron chi connectivity index (χ3n) is 14.6. The molecule has 5 aromatic carbocycles. The van der Waals surface area contributed by atoms with Gasteiger partial charge in [-0.25, -0.2) is 0 Å². The number of aryl methyl sites for hydroxylation is 5. The molecule has 304 valence electrons. The van der Waals surface area contributed by atoms with Crippen molar-refractivity contribution in [2.75, 3.05) is 4.90 Å². The molecule has 4 heteroatoms. The smallest absolute Gasteiger partial charge is 0.137 e. The Morgan fingerprint density at radius 1 is 0.683 bits per heavy atom. The second kappa shape index (κ2) is 12.8. The lowest BCUT2D eigenvalue weighted by Gasteiger charge is -2.51. The minimum absolute atomic E-state index is 0.0221. The number of aromatic nitrogens is 2. The predicted octanol–water partition coefficient (Wildman–Crippen LogP) is 14.0. The molecule has 7 aromatic rings. The van der Waals surface area contributed by atoms with Gasteiger partial charge in [-0.1, -0.05) is 90.4 Å². The molecule has 0 saturated carbocycles. The zero-order chi connectivity index (χ0) is 42.4. The zero-order valence-corrected chi connectivity index (χ0v) is 38.0. The summed E-state index contributed by atoms with van der Waals surface area (Å²) in [6.07, 6.45) is 3.93. The molecular formula is C56H60N4. The topological polar surface area (TPSA) is 33.4 Å². The maximum Gasteiger partial charge on any atom is 0.137 e. The molecule has 0 bridgehead atoms. The van der Waals surface area contributed by atoms with Gasteiger partial charge < -0.3 is 9.47 Å². The summed E-state index contributed by atoms with van der Waals surface area (Å²) < 4.78 is 2.52. The van der Waals surface area contributed by atoms with Crippen LogP contribution in [0.3, 0.4) is 0 Å². The number of hydrogen-bond donors (Lipinski definition) is 0. The van der Waals surface area contributed by atoms with Crippen LogP contribution in [-0.4, -0.2) is 20.9 Å². The molecule has 4 nitrogen and oxygen atoms in total. The van der Waals surface area contributed by atoms with Crippen LogP contribution in [0.5, 0.6) is 0 Å². The Kier molecular flexibility index (Phi) is 8.24. The monoisotopic (exact) mass is 788 g/mol. The van der Waals surface area contributed by atoms with Crippen LogP contribution in [0, 0.1) is 34.6 Å². The fourth-order valence-electron chi connectivity index (χ4n) is 11.2. The molecule has 0 amide bonds. The molecule has 1 unspecified atom stereocenters. The fourth-order valence-corrected chi connectivity index (χ4v) is 11.2. The van der Waals surface area contributed by atoms with Gasteiger partial charge >= 0.3 is 0 Å². The molecule has 0 radical (unpaired) electrons. The Bertz CT molecular complexity index is 3000. The van der Waals surface area contributed by atoms with E-state index in [1.807, 2.05) is 6.20 Å². The van der Waals surface area contributed by atoms with Gasteiger partial charge in [0, 0.05) is 45.9 Å². The van der Waals surface area contributed by atoms with Crippen LogP contribution in [0.1, 0.15) is 129 Å². The van der Waals surface area contributed by atoms with Crippen molar-refractivity contribution in [3.05, 3.63) is 158 Å². The molecule has 4 heterocycles. The molecule has 3 atom stereocenters. The van der Waals surface area contributed by atoms with E-state index in [0.29, 0.717) is 5.92 Å². The SMILES string of the molecule is Cc1ccc2c(c1)c1cc(C)c(-c3cc(C(C)(C)C)ccn3)cc1n2-c1cc(C2=N[C@]3(C)Cc4cc(C)c(C)cc4[C@@]34CC(C)c3cccc(C)c3N24)cc(C(C)(C)C)c1. The van der Waals surface area contributed by atoms with E-state index in [2.05, 4.69) is 190 Å². The highest BCUT2D eigenvalue weighted by Crippen LogP contribution is 2.63. The summed E-state index contributed by atoms with van der Waals surface area (Å²) in [6, 6.07) is 35.4. The van der Waals surface area contributed by atoms with Gasteiger partial charge in [0.25, 0.3) is 0 Å². The van der Waals surface area contributed by atoms with E-state index >= 15 is 0 Å². The van der Waals surface area contributed by atoms with Crippen molar-refractivity contribution in [1.82, 2.24) is 9.55 Å². The van der Waals surface area contributed by atoms with E-state index in [4.69, 9.17) is 9.98 Å². The van der Waals surface area contributed by atoms with E-state index in [1.54, 1.807) is 0 Å². The Morgan fingerprint density at radius 3 is 2.17 bits per heavy atom. The van der Waals surface area contributed by atoms with Crippen LogP contribution in [-0.2, 0) is 22.8 Å².